The van der Waals surface area contributed by atoms with Crippen molar-refractivity contribution in [2.45, 2.75) is 6.92 Å². The first kappa shape index (κ1) is 4.78. The van der Waals surface area contributed by atoms with Crippen molar-refractivity contribution in [1.82, 2.24) is 0 Å². The summed E-state index contributed by atoms with van der Waals surface area (Å²) in [6.07, 6.45) is 0. The molecule has 38 valence electrons. The van der Waals surface area contributed by atoms with E-state index < -0.39 is 0 Å². The molecule has 1 rings (SSSR count). The SMILES string of the molecule is Cc1ccsc1[18F]. The van der Waals surface area contributed by atoms with Crippen molar-refractivity contribution in [3.63, 3.8) is 0 Å². The lowest BCUT2D eigenvalue weighted by atomic mass is 10.4. The number of hydrogen-bond acceptors (Lipinski definition) is 1. The van der Waals surface area contributed by atoms with E-state index in [-0.39, 0.29) is 5.13 Å². The first-order chi connectivity index (χ1) is 3.30. The highest BCUT2D eigenvalue weighted by molar-refractivity contribution is 7.08. The lowest BCUT2D eigenvalue weighted by Gasteiger charge is -1.74. The summed E-state index contributed by atoms with van der Waals surface area (Å²) < 4.78 is 12.1. The molecule has 0 aliphatic carbocycles. The van der Waals surface area contributed by atoms with Crippen molar-refractivity contribution in [2.24, 2.45) is 0 Å². The lowest BCUT2D eigenvalue weighted by molar-refractivity contribution is 0.649. The smallest absolute Gasteiger partial charge is 0.179 e. The maximum Gasteiger partial charge on any atom is 0.179 e. The van der Waals surface area contributed by atoms with Crippen LogP contribution in [-0.2, 0) is 0 Å². The zero-order valence-corrected chi connectivity index (χ0v) is 4.76. The number of halogens is 1. The molecule has 7 heavy (non-hydrogen) atoms. The summed E-state index contributed by atoms with van der Waals surface area (Å²) in [4.78, 5) is 0. The second-order valence-corrected chi connectivity index (χ2v) is 2.24. The Morgan fingerprint density at radius 3 is 2.57 bits per heavy atom. The minimum absolute atomic E-state index is 0.0694. The lowest BCUT2D eigenvalue weighted by Crippen LogP contribution is -1.62. The van der Waals surface area contributed by atoms with E-state index in [9.17, 15) is 4.39 Å². The number of rotatable bonds is 0. The predicted molar refractivity (Wildman–Crippen MR) is 29.0 cm³/mol. The Labute approximate surface area is 45.6 Å². The van der Waals surface area contributed by atoms with Gasteiger partial charge in [0.1, 0.15) is 0 Å². The monoisotopic (exact) mass is 115 g/mol. The highest BCUT2D eigenvalue weighted by atomic mass is 32.1. The largest absolute Gasteiger partial charge is 0.195 e. The first-order valence-corrected chi connectivity index (χ1v) is 2.88. The van der Waals surface area contributed by atoms with Crippen LogP contribution < -0.4 is 0 Å². The van der Waals surface area contributed by atoms with Crippen LogP contribution in [-0.4, -0.2) is 0 Å². The van der Waals surface area contributed by atoms with E-state index in [0.717, 1.165) is 16.9 Å². The summed E-state index contributed by atoms with van der Waals surface area (Å²) in [7, 11) is 0. The molecule has 0 fully saturated rings. The second kappa shape index (κ2) is 1.62. The highest BCUT2D eigenvalue weighted by Gasteiger charge is 1.92. The van der Waals surface area contributed by atoms with Gasteiger partial charge in [-0.2, -0.15) is 4.39 Å². The normalized spacial score (nSPS) is 9.43. The fraction of sp³-hybridized carbons (Fsp3) is 0.200. The fourth-order valence-corrected chi connectivity index (χ4v) is 1.000. The van der Waals surface area contributed by atoms with Crippen LogP contribution in [0.2, 0.25) is 0 Å². The van der Waals surface area contributed by atoms with Crippen LogP contribution in [0.15, 0.2) is 11.4 Å². The molecule has 0 spiro atoms. The van der Waals surface area contributed by atoms with E-state index in [0.29, 0.717) is 0 Å². The predicted octanol–water partition coefficient (Wildman–Crippen LogP) is 2.20. The van der Waals surface area contributed by atoms with Crippen LogP contribution in [0.3, 0.4) is 0 Å². The maximum atomic E-state index is 12.1. The molecule has 0 unspecified atom stereocenters. The van der Waals surface area contributed by atoms with Crippen LogP contribution in [0.5, 0.6) is 0 Å². The van der Waals surface area contributed by atoms with Crippen molar-refractivity contribution in [3.8, 4) is 0 Å². The molecule has 1 heterocycles. The third-order valence-electron chi connectivity index (χ3n) is 0.800. The van der Waals surface area contributed by atoms with E-state index in [1.807, 2.05) is 0 Å². The van der Waals surface area contributed by atoms with Crippen molar-refractivity contribution in [3.05, 3.63) is 22.1 Å². The quantitative estimate of drug-likeness (QED) is 0.486. The third kappa shape index (κ3) is 0.800. The molecule has 2 heteroatoms. The van der Waals surface area contributed by atoms with E-state index in [1.165, 1.54) is 0 Å². The molecule has 1 aromatic heterocycles. The highest BCUT2D eigenvalue weighted by Crippen LogP contribution is 2.11. The number of hydrogen-bond donors (Lipinski definition) is 0. The van der Waals surface area contributed by atoms with Gasteiger partial charge in [0, 0.05) is 0 Å². The molecule has 0 saturated heterocycles. The minimum atomic E-state index is -0.0694. The van der Waals surface area contributed by atoms with Crippen LogP contribution in [0.4, 0.5) is 4.39 Å². The van der Waals surface area contributed by atoms with Gasteiger partial charge in [0.05, 0.1) is 0 Å². The molecule has 0 amide bonds. The Hall–Kier alpha value is -0.370. The molecule has 0 radical (unpaired) electrons. The molecule has 0 aliphatic rings. The van der Waals surface area contributed by atoms with Crippen LogP contribution in [0, 0.1) is 12.1 Å². The summed E-state index contributed by atoms with van der Waals surface area (Å²) in [5.41, 5.74) is 0.741. The standard InChI is InChI=1S/C5H5FS/c1-4-2-3-7-5(4)6/h2-3H,1H3/i6-1. The number of thiophene rings is 1. The second-order valence-electron chi connectivity index (χ2n) is 1.38. The van der Waals surface area contributed by atoms with E-state index >= 15 is 0 Å². The van der Waals surface area contributed by atoms with Crippen LogP contribution >= 0.6 is 11.3 Å². The summed E-state index contributed by atoms with van der Waals surface area (Å²) in [6, 6.07) is 1.76. The minimum Gasteiger partial charge on any atom is -0.195 e. The Morgan fingerprint density at radius 2 is 2.43 bits per heavy atom. The summed E-state index contributed by atoms with van der Waals surface area (Å²) >= 11 is 1.14. The summed E-state index contributed by atoms with van der Waals surface area (Å²) in [5.74, 6) is 0. The van der Waals surface area contributed by atoms with Crippen LogP contribution in [0.1, 0.15) is 5.56 Å². The molecule has 0 saturated carbocycles. The van der Waals surface area contributed by atoms with Gasteiger partial charge in [-0.05, 0) is 23.9 Å². The average molecular weight is 115 g/mol. The van der Waals surface area contributed by atoms with Crippen molar-refractivity contribution in [2.75, 3.05) is 0 Å². The van der Waals surface area contributed by atoms with Gasteiger partial charge >= 0.3 is 0 Å². The molecule has 0 atom stereocenters. The van der Waals surface area contributed by atoms with Gasteiger partial charge < -0.3 is 0 Å². The van der Waals surface area contributed by atoms with Gasteiger partial charge in [-0.1, -0.05) is 0 Å². The molecule has 0 N–H and O–H groups in total. The third-order valence-corrected chi connectivity index (χ3v) is 1.60. The first-order valence-electron chi connectivity index (χ1n) is 2.00. The zero-order chi connectivity index (χ0) is 5.28. The van der Waals surface area contributed by atoms with E-state index in [1.54, 1.807) is 18.4 Å². The summed E-state index contributed by atoms with van der Waals surface area (Å²) in [5, 5.41) is 1.67. The molecule has 0 aromatic carbocycles. The Kier molecular flexibility index (Phi) is 1.11. The molecule has 0 nitrogen and oxygen atoms in total. The van der Waals surface area contributed by atoms with E-state index in [4.69, 9.17) is 0 Å². The fourth-order valence-electron chi connectivity index (χ4n) is 0.354. The van der Waals surface area contributed by atoms with E-state index in [2.05, 4.69) is 0 Å². The molecule has 1 aromatic rings. The molecular weight excluding hydrogens is 110 g/mol. The van der Waals surface area contributed by atoms with Crippen molar-refractivity contribution < 1.29 is 4.39 Å². The topological polar surface area (TPSA) is 0 Å². The van der Waals surface area contributed by atoms with Gasteiger partial charge in [0.2, 0.25) is 0 Å². The number of aryl methyl sites for hydroxylation is 1. The van der Waals surface area contributed by atoms with Gasteiger partial charge in [-0.25, -0.2) is 0 Å². The van der Waals surface area contributed by atoms with Gasteiger partial charge in [0.25, 0.3) is 0 Å². The molecule has 0 bridgehead atoms. The van der Waals surface area contributed by atoms with Crippen molar-refractivity contribution >= 4 is 11.3 Å². The Bertz CT molecular complexity index is 140. The van der Waals surface area contributed by atoms with Crippen molar-refractivity contribution in [1.29, 1.82) is 0 Å². The van der Waals surface area contributed by atoms with Gasteiger partial charge in [0.15, 0.2) is 5.13 Å². The maximum absolute atomic E-state index is 12.1. The zero-order valence-electron chi connectivity index (χ0n) is 3.94. The Balaban J connectivity index is 3.12. The van der Waals surface area contributed by atoms with Gasteiger partial charge in [-0.3, -0.25) is 0 Å². The van der Waals surface area contributed by atoms with Crippen LogP contribution in [0.25, 0.3) is 0 Å². The summed E-state index contributed by atoms with van der Waals surface area (Å²) in [6.45, 7) is 1.76. The average Bonchev–Trinajstić information content (AvgIpc) is 1.91. The Morgan fingerprint density at radius 1 is 1.71 bits per heavy atom. The molecule has 0 aliphatic heterocycles. The van der Waals surface area contributed by atoms with Gasteiger partial charge in [-0.15, -0.1) is 11.3 Å². The molecular formula is C5H5FS.